The van der Waals surface area contributed by atoms with Crippen LogP contribution < -0.4 is 0 Å². The highest BCUT2D eigenvalue weighted by Gasteiger charge is 2.08. The van der Waals surface area contributed by atoms with Crippen LogP contribution in [0.5, 0.6) is 0 Å². The van der Waals surface area contributed by atoms with Crippen molar-refractivity contribution in [3.63, 3.8) is 0 Å². The van der Waals surface area contributed by atoms with Gasteiger partial charge >= 0.3 is 11.9 Å². The molecule has 2 aromatic rings. The summed E-state index contributed by atoms with van der Waals surface area (Å²) in [5.41, 5.74) is 2.06. The van der Waals surface area contributed by atoms with Gasteiger partial charge in [-0.2, -0.15) is 0 Å². The molecule has 0 atom stereocenters. The highest BCUT2D eigenvalue weighted by Crippen LogP contribution is 2.18. The SMILES string of the molecule is COC(=O)c1cc2ccc(C=CCC(=O)O)cc2[nH]1. The molecular weight excluding hydrogens is 246 g/mol. The first-order valence-electron chi connectivity index (χ1n) is 5.69. The maximum Gasteiger partial charge on any atom is 0.354 e. The fourth-order valence-electron chi connectivity index (χ4n) is 1.76. The summed E-state index contributed by atoms with van der Waals surface area (Å²) in [6.07, 6.45) is 3.29. The number of ether oxygens (including phenoxy) is 1. The molecule has 5 nitrogen and oxygen atoms in total. The molecular formula is C14H13NO4. The first kappa shape index (κ1) is 12.9. The number of hydrogen-bond acceptors (Lipinski definition) is 3. The zero-order chi connectivity index (χ0) is 13.8. The van der Waals surface area contributed by atoms with Gasteiger partial charge < -0.3 is 14.8 Å². The number of hydrogen-bond donors (Lipinski definition) is 2. The predicted octanol–water partition coefficient (Wildman–Crippen LogP) is 2.44. The van der Waals surface area contributed by atoms with E-state index in [2.05, 4.69) is 9.72 Å². The number of aliphatic carboxylic acids is 1. The summed E-state index contributed by atoms with van der Waals surface area (Å²) in [6, 6.07) is 7.28. The van der Waals surface area contributed by atoms with Crippen LogP contribution in [-0.2, 0) is 9.53 Å². The van der Waals surface area contributed by atoms with E-state index in [1.807, 2.05) is 18.2 Å². The third-order valence-electron chi connectivity index (χ3n) is 2.65. The van der Waals surface area contributed by atoms with E-state index in [9.17, 15) is 9.59 Å². The third-order valence-corrected chi connectivity index (χ3v) is 2.65. The first-order chi connectivity index (χ1) is 9.10. The Bertz CT molecular complexity index is 655. The van der Waals surface area contributed by atoms with Gasteiger partial charge in [0.25, 0.3) is 0 Å². The molecule has 2 N–H and O–H groups in total. The zero-order valence-electron chi connectivity index (χ0n) is 10.3. The van der Waals surface area contributed by atoms with Crippen molar-refractivity contribution in [2.24, 2.45) is 0 Å². The van der Waals surface area contributed by atoms with E-state index in [4.69, 9.17) is 5.11 Å². The van der Waals surface area contributed by atoms with Crippen LogP contribution in [0.4, 0.5) is 0 Å². The Morgan fingerprint density at radius 3 is 2.84 bits per heavy atom. The van der Waals surface area contributed by atoms with Crippen LogP contribution in [0.15, 0.2) is 30.3 Å². The number of aromatic nitrogens is 1. The van der Waals surface area contributed by atoms with Gasteiger partial charge in [-0.15, -0.1) is 0 Å². The summed E-state index contributed by atoms with van der Waals surface area (Å²) < 4.78 is 4.64. The molecule has 5 heteroatoms. The van der Waals surface area contributed by atoms with Crippen LogP contribution >= 0.6 is 0 Å². The number of carbonyl (C=O) groups is 2. The van der Waals surface area contributed by atoms with E-state index >= 15 is 0 Å². The number of aromatic amines is 1. The number of carboxylic acid groups (broad SMARTS) is 1. The monoisotopic (exact) mass is 259 g/mol. The van der Waals surface area contributed by atoms with Gasteiger partial charge in [0.2, 0.25) is 0 Å². The Hall–Kier alpha value is -2.56. The number of H-pyrrole nitrogens is 1. The molecule has 0 fully saturated rings. The number of carbonyl (C=O) groups excluding carboxylic acids is 1. The largest absolute Gasteiger partial charge is 0.481 e. The van der Waals surface area contributed by atoms with Crippen LogP contribution in [0.25, 0.3) is 17.0 Å². The van der Waals surface area contributed by atoms with E-state index in [1.165, 1.54) is 7.11 Å². The summed E-state index contributed by atoms with van der Waals surface area (Å²) >= 11 is 0. The average molecular weight is 259 g/mol. The molecule has 98 valence electrons. The van der Waals surface area contributed by atoms with Gasteiger partial charge in [0, 0.05) is 10.9 Å². The van der Waals surface area contributed by atoms with E-state index < -0.39 is 11.9 Å². The average Bonchev–Trinajstić information content (AvgIpc) is 2.80. The van der Waals surface area contributed by atoms with E-state index in [0.29, 0.717) is 5.69 Å². The van der Waals surface area contributed by atoms with Crippen molar-refractivity contribution in [2.75, 3.05) is 7.11 Å². The Kier molecular flexibility index (Phi) is 3.66. The van der Waals surface area contributed by atoms with Crippen molar-refractivity contribution < 1.29 is 19.4 Å². The predicted molar refractivity (Wildman–Crippen MR) is 70.9 cm³/mol. The van der Waals surface area contributed by atoms with Crippen molar-refractivity contribution in [3.8, 4) is 0 Å². The summed E-state index contributed by atoms with van der Waals surface area (Å²) in [5.74, 6) is -1.29. The van der Waals surface area contributed by atoms with Gasteiger partial charge in [-0.05, 0) is 17.7 Å². The Morgan fingerprint density at radius 2 is 2.16 bits per heavy atom. The lowest BCUT2D eigenvalue weighted by molar-refractivity contribution is -0.135. The van der Waals surface area contributed by atoms with E-state index in [-0.39, 0.29) is 6.42 Å². The van der Waals surface area contributed by atoms with Crippen LogP contribution in [0.3, 0.4) is 0 Å². The standard InChI is InChI=1S/C14H13NO4/c1-19-14(18)12-8-10-6-5-9(7-11(10)15-12)3-2-4-13(16)17/h2-3,5-8,15H,4H2,1H3,(H,16,17). The van der Waals surface area contributed by atoms with Gasteiger partial charge in [-0.1, -0.05) is 24.3 Å². The minimum atomic E-state index is -0.870. The van der Waals surface area contributed by atoms with Crippen LogP contribution in [0.2, 0.25) is 0 Å². The molecule has 19 heavy (non-hydrogen) atoms. The van der Waals surface area contributed by atoms with Crippen molar-refractivity contribution >= 4 is 28.9 Å². The summed E-state index contributed by atoms with van der Waals surface area (Å²) in [7, 11) is 1.33. The molecule has 0 aliphatic rings. The second kappa shape index (κ2) is 5.39. The highest BCUT2D eigenvalue weighted by molar-refractivity contribution is 5.95. The molecule has 0 saturated carbocycles. The minimum Gasteiger partial charge on any atom is -0.481 e. The second-order valence-electron chi connectivity index (χ2n) is 4.02. The molecule has 0 bridgehead atoms. The Morgan fingerprint density at radius 1 is 1.37 bits per heavy atom. The minimum absolute atomic E-state index is 0.0177. The van der Waals surface area contributed by atoms with Crippen molar-refractivity contribution in [2.45, 2.75) is 6.42 Å². The van der Waals surface area contributed by atoms with Crippen LogP contribution in [-0.4, -0.2) is 29.1 Å². The molecule has 0 aliphatic heterocycles. The Labute approximate surface area is 109 Å². The van der Waals surface area contributed by atoms with Gasteiger partial charge in [0.15, 0.2) is 0 Å². The van der Waals surface area contributed by atoms with Crippen LogP contribution in [0.1, 0.15) is 22.5 Å². The normalized spacial score (nSPS) is 11.0. The van der Waals surface area contributed by atoms with Crippen LogP contribution in [0, 0.1) is 0 Å². The molecule has 1 heterocycles. The molecule has 0 spiro atoms. The summed E-state index contributed by atoms with van der Waals surface area (Å²) in [6.45, 7) is 0. The van der Waals surface area contributed by atoms with Crippen molar-refractivity contribution in [1.82, 2.24) is 4.98 Å². The topological polar surface area (TPSA) is 79.4 Å². The number of methoxy groups -OCH3 is 1. The summed E-state index contributed by atoms with van der Waals surface area (Å²) in [5, 5.41) is 9.44. The zero-order valence-corrected chi connectivity index (χ0v) is 10.3. The number of esters is 1. The maximum atomic E-state index is 11.4. The molecule has 0 unspecified atom stereocenters. The molecule has 0 amide bonds. The molecule has 0 radical (unpaired) electrons. The number of nitrogens with one attached hydrogen (secondary N) is 1. The van der Waals surface area contributed by atoms with E-state index in [1.54, 1.807) is 18.2 Å². The quantitative estimate of drug-likeness (QED) is 0.826. The lowest BCUT2D eigenvalue weighted by Gasteiger charge is -1.94. The van der Waals surface area contributed by atoms with Gasteiger partial charge in [-0.25, -0.2) is 4.79 Å². The molecule has 2 rings (SSSR count). The fourth-order valence-corrected chi connectivity index (χ4v) is 1.76. The molecule has 1 aromatic carbocycles. The number of benzene rings is 1. The Balaban J connectivity index is 2.27. The fraction of sp³-hybridized carbons (Fsp3) is 0.143. The maximum absolute atomic E-state index is 11.4. The third kappa shape index (κ3) is 3.01. The van der Waals surface area contributed by atoms with Crippen molar-refractivity contribution in [3.05, 3.63) is 41.6 Å². The molecule has 0 saturated heterocycles. The van der Waals surface area contributed by atoms with Crippen molar-refractivity contribution in [1.29, 1.82) is 0 Å². The molecule has 1 aromatic heterocycles. The van der Waals surface area contributed by atoms with Gasteiger partial charge in [-0.3, -0.25) is 4.79 Å². The van der Waals surface area contributed by atoms with Gasteiger partial charge in [0.05, 0.1) is 13.5 Å². The number of rotatable bonds is 4. The highest BCUT2D eigenvalue weighted by atomic mass is 16.5. The molecule has 0 aliphatic carbocycles. The lowest BCUT2D eigenvalue weighted by Crippen LogP contribution is -2.00. The lowest BCUT2D eigenvalue weighted by atomic mass is 10.1. The first-order valence-corrected chi connectivity index (χ1v) is 5.69. The smallest absolute Gasteiger partial charge is 0.354 e. The second-order valence-corrected chi connectivity index (χ2v) is 4.02. The number of carboxylic acids is 1. The van der Waals surface area contributed by atoms with E-state index in [0.717, 1.165) is 16.5 Å². The van der Waals surface area contributed by atoms with Gasteiger partial charge in [0.1, 0.15) is 5.69 Å². The number of fused-ring (bicyclic) bond motifs is 1. The summed E-state index contributed by atoms with van der Waals surface area (Å²) in [4.78, 5) is 24.7.